The highest BCUT2D eigenvalue weighted by Crippen LogP contribution is 2.25. The van der Waals surface area contributed by atoms with Crippen LogP contribution in [0.2, 0.25) is 10.0 Å². The van der Waals surface area contributed by atoms with Crippen molar-refractivity contribution in [2.75, 3.05) is 6.54 Å². The van der Waals surface area contributed by atoms with Crippen molar-refractivity contribution in [3.8, 4) is 0 Å². The fraction of sp³-hybridized carbons (Fsp3) is 0.355. The minimum absolute atomic E-state index is 0.0915. The highest BCUT2D eigenvalue weighted by Gasteiger charge is 2.30. The number of rotatable bonds is 12. The van der Waals surface area contributed by atoms with Crippen molar-refractivity contribution >= 4 is 35.0 Å². The molecule has 3 rings (SSSR count). The van der Waals surface area contributed by atoms with Crippen molar-refractivity contribution in [2.24, 2.45) is 5.92 Å². The number of nitrogens with one attached hydrogen (secondary N) is 1. The Labute approximate surface area is 231 Å². The van der Waals surface area contributed by atoms with Crippen molar-refractivity contribution in [3.63, 3.8) is 0 Å². The Bertz CT molecular complexity index is 1160. The first kappa shape index (κ1) is 28.7. The first-order valence-electron chi connectivity index (χ1n) is 12.9. The minimum Gasteiger partial charge on any atom is -0.354 e. The topological polar surface area (TPSA) is 49.4 Å². The Hall–Kier alpha value is -2.82. The molecular weight excluding hydrogens is 503 g/mol. The Morgan fingerprint density at radius 2 is 1.57 bits per heavy atom. The maximum atomic E-state index is 13.8. The number of nitrogens with zero attached hydrogens (tertiary/aromatic N) is 1. The van der Waals surface area contributed by atoms with Gasteiger partial charge in [-0.2, -0.15) is 0 Å². The van der Waals surface area contributed by atoms with E-state index in [1.54, 1.807) is 17.0 Å². The largest absolute Gasteiger partial charge is 0.354 e. The molecule has 3 aromatic rings. The van der Waals surface area contributed by atoms with E-state index in [-0.39, 0.29) is 18.4 Å². The van der Waals surface area contributed by atoms with Crippen LogP contribution in [0, 0.1) is 5.92 Å². The first-order valence-corrected chi connectivity index (χ1v) is 13.6. The van der Waals surface area contributed by atoms with E-state index in [1.807, 2.05) is 50.2 Å². The Morgan fingerprint density at radius 3 is 2.19 bits per heavy atom. The molecule has 0 heterocycles. The molecule has 37 heavy (non-hydrogen) atoms. The van der Waals surface area contributed by atoms with Crippen LogP contribution in [0.1, 0.15) is 49.4 Å². The number of halogens is 2. The molecule has 0 saturated carbocycles. The molecule has 0 fully saturated rings. The van der Waals surface area contributed by atoms with Crippen molar-refractivity contribution < 1.29 is 9.59 Å². The van der Waals surface area contributed by atoms with Crippen LogP contribution < -0.4 is 5.32 Å². The van der Waals surface area contributed by atoms with E-state index < -0.39 is 6.04 Å². The molecule has 196 valence electrons. The van der Waals surface area contributed by atoms with Gasteiger partial charge in [0.15, 0.2) is 0 Å². The highest BCUT2D eigenvalue weighted by atomic mass is 35.5. The second-order valence-electron chi connectivity index (χ2n) is 9.77. The number of hydrogen-bond acceptors (Lipinski definition) is 2. The monoisotopic (exact) mass is 538 g/mol. The molecule has 0 radical (unpaired) electrons. The van der Waals surface area contributed by atoms with Gasteiger partial charge in [-0.05, 0) is 53.1 Å². The van der Waals surface area contributed by atoms with Crippen molar-refractivity contribution in [1.29, 1.82) is 0 Å². The van der Waals surface area contributed by atoms with Gasteiger partial charge in [0.2, 0.25) is 11.8 Å². The van der Waals surface area contributed by atoms with Crippen LogP contribution in [0.15, 0.2) is 72.8 Å². The molecular formula is C31H36Cl2N2O2. The summed E-state index contributed by atoms with van der Waals surface area (Å²) in [5, 5.41) is 4.05. The molecule has 1 N–H and O–H groups in total. The molecule has 4 nitrogen and oxygen atoms in total. The van der Waals surface area contributed by atoms with Crippen LogP contribution in [0.4, 0.5) is 0 Å². The molecule has 1 atom stereocenters. The number of carbonyl (C=O) groups excluding carboxylic acids is 2. The second-order valence-corrected chi connectivity index (χ2v) is 10.6. The Kier molecular flexibility index (Phi) is 11.0. The van der Waals surface area contributed by atoms with Crippen LogP contribution in [-0.2, 0) is 35.4 Å². The van der Waals surface area contributed by atoms with Crippen molar-refractivity contribution in [3.05, 3.63) is 105 Å². The normalized spacial score (nSPS) is 11.8. The zero-order valence-electron chi connectivity index (χ0n) is 21.8. The lowest BCUT2D eigenvalue weighted by atomic mass is 10.0. The van der Waals surface area contributed by atoms with Gasteiger partial charge in [-0.25, -0.2) is 0 Å². The van der Waals surface area contributed by atoms with E-state index in [4.69, 9.17) is 23.2 Å². The van der Waals surface area contributed by atoms with E-state index in [0.717, 1.165) is 23.1 Å². The molecule has 0 aliphatic rings. The quantitative estimate of drug-likeness (QED) is 0.272. The molecule has 0 unspecified atom stereocenters. The maximum absolute atomic E-state index is 13.8. The highest BCUT2D eigenvalue weighted by molar-refractivity contribution is 6.35. The third-order valence-electron chi connectivity index (χ3n) is 6.37. The smallest absolute Gasteiger partial charge is 0.243 e. The van der Waals surface area contributed by atoms with Crippen LogP contribution >= 0.6 is 23.2 Å². The standard InChI is InChI=1S/C31H36Cl2N2O2/c1-4-23-10-12-24(13-11-23)14-17-30(36)35(21-26-15-16-27(32)19-28(26)33)29(31(37)34-20-22(2)3)18-25-8-6-5-7-9-25/h5-13,15-16,19,22,29H,4,14,17-18,20-21H2,1-3H3,(H,34,37)/t29-/m1/s1. The van der Waals surface area contributed by atoms with E-state index >= 15 is 0 Å². The van der Waals surface area contributed by atoms with Gasteiger partial charge in [0.05, 0.1) is 0 Å². The molecule has 0 aliphatic carbocycles. The van der Waals surface area contributed by atoms with Crippen molar-refractivity contribution in [2.45, 2.75) is 59.0 Å². The summed E-state index contributed by atoms with van der Waals surface area (Å²) in [7, 11) is 0. The average molecular weight is 540 g/mol. The molecule has 0 spiro atoms. The number of benzene rings is 3. The molecule has 2 amide bonds. The van der Waals surface area contributed by atoms with Gasteiger partial charge in [-0.3, -0.25) is 9.59 Å². The predicted molar refractivity (Wildman–Crippen MR) is 153 cm³/mol. The van der Waals surface area contributed by atoms with Gasteiger partial charge in [-0.1, -0.05) is 105 Å². The van der Waals surface area contributed by atoms with E-state index in [0.29, 0.717) is 41.8 Å². The summed E-state index contributed by atoms with van der Waals surface area (Å²) < 4.78 is 0. The molecule has 0 bridgehead atoms. The first-order chi connectivity index (χ1) is 17.8. The van der Waals surface area contributed by atoms with Gasteiger partial charge in [0.1, 0.15) is 6.04 Å². The van der Waals surface area contributed by atoms with Gasteiger partial charge in [-0.15, -0.1) is 0 Å². The zero-order chi connectivity index (χ0) is 26.8. The van der Waals surface area contributed by atoms with E-state index in [1.165, 1.54) is 5.56 Å². The summed E-state index contributed by atoms with van der Waals surface area (Å²) in [6.45, 7) is 6.97. The summed E-state index contributed by atoms with van der Waals surface area (Å²) in [5.41, 5.74) is 4.10. The third-order valence-corrected chi connectivity index (χ3v) is 6.96. The molecule has 0 aromatic heterocycles. The van der Waals surface area contributed by atoms with Crippen LogP contribution in [0.25, 0.3) is 0 Å². The lowest BCUT2D eigenvalue weighted by Gasteiger charge is -2.32. The summed E-state index contributed by atoms with van der Waals surface area (Å²) in [6, 6.07) is 22.7. The molecule has 3 aromatic carbocycles. The number of aryl methyl sites for hydroxylation is 2. The molecule has 0 aliphatic heterocycles. The summed E-state index contributed by atoms with van der Waals surface area (Å²) in [4.78, 5) is 29.0. The Morgan fingerprint density at radius 1 is 0.892 bits per heavy atom. The number of carbonyl (C=O) groups is 2. The van der Waals surface area contributed by atoms with Crippen LogP contribution in [0.3, 0.4) is 0 Å². The zero-order valence-corrected chi connectivity index (χ0v) is 23.4. The Balaban J connectivity index is 1.91. The van der Waals surface area contributed by atoms with Gasteiger partial charge in [0.25, 0.3) is 0 Å². The summed E-state index contributed by atoms with van der Waals surface area (Å²) in [5.74, 6) is 0.0387. The second kappa shape index (κ2) is 14.2. The fourth-order valence-corrected chi connectivity index (χ4v) is 4.61. The number of hydrogen-bond donors (Lipinski definition) is 1. The lowest BCUT2D eigenvalue weighted by Crippen LogP contribution is -2.51. The van der Waals surface area contributed by atoms with Crippen LogP contribution in [-0.4, -0.2) is 29.3 Å². The average Bonchev–Trinajstić information content (AvgIpc) is 2.89. The van der Waals surface area contributed by atoms with Gasteiger partial charge >= 0.3 is 0 Å². The minimum atomic E-state index is -0.678. The summed E-state index contributed by atoms with van der Waals surface area (Å²) >= 11 is 12.6. The van der Waals surface area contributed by atoms with Crippen LogP contribution in [0.5, 0.6) is 0 Å². The molecule has 0 saturated heterocycles. The van der Waals surface area contributed by atoms with E-state index in [9.17, 15) is 9.59 Å². The number of amides is 2. The molecule has 6 heteroatoms. The van der Waals surface area contributed by atoms with Gasteiger partial charge in [0, 0.05) is 36.0 Å². The maximum Gasteiger partial charge on any atom is 0.243 e. The fourth-order valence-electron chi connectivity index (χ4n) is 4.15. The van der Waals surface area contributed by atoms with Crippen molar-refractivity contribution in [1.82, 2.24) is 10.2 Å². The summed E-state index contributed by atoms with van der Waals surface area (Å²) in [6.07, 6.45) is 2.27. The lowest BCUT2D eigenvalue weighted by molar-refractivity contribution is -0.141. The SMILES string of the molecule is CCc1ccc(CCC(=O)N(Cc2ccc(Cl)cc2Cl)[C@H](Cc2ccccc2)C(=O)NCC(C)C)cc1. The third kappa shape index (κ3) is 8.91. The van der Waals surface area contributed by atoms with E-state index in [2.05, 4.69) is 36.5 Å². The van der Waals surface area contributed by atoms with Gasteiger partial charge < -0.3 is 10.2 Å². The predicted octanol–water partition coefficient (Wildman–Crippen LogP) is 6.90.